The number of aryl methyl sites for hydroxylation is 1. The number of fused-ring (bicyclic) bond motifs is 1. The minimum Gasteiger partial charge on any atom is -0.267 e. The van der Waals surface area contributed by atoms with Gasteiger partial charge in [-0.1, -0.05) is 52.3 Å². The molecule has 0 saturated carbocycles. The first-order valence-corrected chi connectivity index (χ1v) is 8.30. The molecule has 0 bridgehead atoms. The van der Waals surface area contributed by atoms with Gasteiger partial charge in [0.1, 0.15) is 5.82 Å². The van der Waals surface area contributed by atoms with Crippen LogP contribution in [0.5, 0.6) is 0 Å². The van der Waals surface area contributed by atoms with Crippen molar-refractivity contribution in [2.24, 2.45) is 5.10 Å². The lowest BCUT2D eigenvalue weighted by molar-refractivity contribution is 0.770. The number of rotatable bonds is 3. The topological polar surface area (TPSA) is 47.2 Å². The molecule has 1 aromatic heterocycles. The zero-order valence-electron chi connectivity index (χ0n) is 13.4. The number of halogens is 1. The molecule has 0 N–H and O–H groups in total. The third kappa shape index (κ3) is 3.51. The summed E-state index contributed by atoms with van der Waals surface area (Å²) in [5.74, 6) is 0.554. The van der Waals surface area contributed by atoms with Crippen molar-refractivity contribution in [3.05, 3.63) is 80.3 Å². The second-order valence-corrected chi connectivity index (χ2v) is 6.40. The van der Waals surface area contributed by atoms with Gasteiger partial charge in [0.05, 0.1) is 17.1 Å². The summed E-state index contributed by atoms with van der Waals surface area (Å²) in [6, 6.07) is 15.4. The first kappa shape index (κ1) is 16.3. The van der Waals surface area contributed by atoms with E-state index in [1.807, 2.05) is 55.5 Å². The highest BCUT2D eigenvalue weighted by Crippen LogP contribution is 2.15. The van der Waals surface area contributed by atoms with Crippen LogP contribution in [-0.2, 0) is 0 Å². The molecule has 2 aromatic carbocycles. The maximum atomic E-state index is 12.6. The normalized spacial score (nSPS) is 12.2. The molecule has 0 atom stereocenters. The maximum absolute atomic E-state index is 12.6. The summed E-state index contributed by atoms with van der Waals surface area (Å²) in [4.78, 5) is 17.1. The molecule has 0 aliphatic carbocycles. The lowest BCUT2D eigenvalue weighted by Gasteiger charge is -2.05. The number of allylic oxidation sites excluding steroid dienone is 1. The van der Waals surface area contributed by atoms with Gasteiger partial charge >= 0.3 is 0 Å². The molecule has 120 valence electrons. The molecule has 3 aromatic rings. The first-order chi connectivity index (χ1) is 11.5. The fourth-order valence-corrected chi connectivity index (χ4v) is 2.76. The van der Waals surface area contributed by atoms with Gasteiger partial charge in [0, 0.05) is 4.47 Å². The fourth-order valence-electron chi connectivity index (χ4n) is 2.39. The van der Waals surface area contributed by atoms with Crippen molar-refractivity contribution < 1.29 is 0 Å². The van der Waals surface area contributed by atoms with Crippen LogP contribution < -0.4 is 5.56 Å². The molecular weight excluding hydrogens is 366 g/mol. The van der Waals surface area contributed by atoms with E-state index in [2.05, 4.69) is 26.0 Å². The molecule has 0 saturated heterocycles. The molecule has 5 heteroatoms. The lowest BCUT2D eigenvalue weighted by Crippen LogP contribution is -2.20. The largest absolute Gasteiger partial charge is 0.282 e. The van der Waals surface area contributed by atoms with E-state index in [4.69, 9.17) is 0 Å². The molecular formula is C19H16BrN3O. The average Bonchev–Trinajstić information content (AvgIpc) is 2.56. The Balaban J connectivity index is 2.01. The summed E-state index contributed by atoms with van der Waals surface area (Å²) in [6.45, 7) is 3.72. The predicted molar refractivity (Wildman–Crippen MR) is 102 cm³/mol. The Kier molecular flexibility index (Phi) is 4.71. The van der Waals surface area contributed by atoms with Crippen LogP contribution in [0, 0.1) is 6.92 Å². The average molecular weight is 382 g/mol. The minimum atomic E-state index is -0.178. The van der Waals surface area contributed by atoms with Crippen LogP contribution >= 0.6 is 15.9 Å². The highest BCUT2D eigenvalue weighted by Gasteiger charge is 2.07. The monoisotopic (exact) mass is 381 g/mol. The van der Waals surface area contributed by atoms with E-state index in [0.29, 0.717) is 16.7 Å². The van der Waals surface area contributed by atoms with Crippen LogP contribution in [0.2, 0.25) is 0 Å². The van der Waals surface area contributed by atoms with Crippen molar-refractivity contribution in [2.45, 2.75) is 13.8 Å². The van der Waals surface area contributed by atoms with Crippen LogP contribution in [0.4, 0.5) is 0 Å². The Labute approximate surface area is 148 Å². The van der Waals surface area contributed by atoms with Gasteiger partial charge in [0.15, 0.2) is 0 Å². The van der Waals surface area contributed by atoms with Gasteiger partial charge in [-0.3, -0.25) is 4.79 Å². The third-order valence-electron chi connectivity index (χ3n) is 3.54. The van der Waals surface area contributed by atoms with E-state index < -0.39 is 0 Å². The smallest absolute Gasteiger partial charge is 0.267 e. The molecule has 24 heavy (non-hydrogen) atoms. The van der Waals surface area contributed by atoms with Crippen LogP contribution in [-0.4, -0.2) is 15.9 Å². The summed E-state index contributed by atoms with van der Waals surface area (Å²) >= 11 is 3.39. The molecule has 0 aliphatic heterocycles. The van der Waals surface area contributed by atoms with Crippen molar-refractivity contribution in [3.63, 3.8) is 0 Å². The molecule has 0 fully saturated rings. The molecule has 0 aliphatic rings. The van der Waals surface area contributed by atoms with E-state index in [1.54, 1.807) is 19.2 Å². The first-order valence-electron chi connectivity index (χ1n) is 7.51. The van der Waals surface area contributed by atoms with E-state index in [1.165, 1.54) is 4.68 Å². The molecule has 1 heterocycles. The Morgan fingerprint density at radius 1 is 1.21 bits per heavy atom. The van der Waals surface area contributed by atoms with E-state index in [0.717, 1.165) is 15.6 Å². The van der Waals surface area contributed by atoms with E-state index in [-0.39, 0.29) is 5.56 Å². The quantitative estimate of drug-likeness (QED) is 0.631. The van der Waals surface area contributed by atoms with Gasteiger partial charge in [0.2, 0.25) is 0 Å². The second kappa shape index (κ2) is 6.93. The third-order valence-corrected chi connectivity index (χ3v) is 4.03. The van der Waals surface area contributed by atoms with E-state index >= 15 is 0 Å². The van der Waals surface area contributed by atoms with Gasteiger partial charge < -0.3 is 0 Å². The van der Waals surface area contributed by atoms with Crippen molar-refractivity contribution in [2.75, 3.05) is 0 Å². The molecule has 4 nitrogen and oxygen atoms in total. The summed E-state index contributed by atoms with van der Waals surface area (Å²) in [7, 11) is 0. The number of hydrogen-bond donors (Lipinski definition) is 0. The van der Waals surface area contributed by atoms with E-state index in [9.17, 15) is 4.79 Å². The van der Waals surface area contributed by atoms with Crippen LogP contribution in [0.25, 0.3) is 17.0 Å². The highest BCUT2D eigenvalue weighted by atomic mass is 79.9. The zero-order chi connectivity index (χ0) is 17.1. The molecule has 3 rings (SSSR count). The number of nitrogens with zero attached hydrogens (tertiary/aromatic N) is 3. The summed E-state index contributed by atoms with van der Waals surface area (Å²) in [5.41, 5.74) is 2.53. The second-order valence-electron chi connectivity index (χ2n) is 5.48. The number of aromatic nitrogens is 2. The van der Waals surface area contributed by atoms with Gasteiger partial charge in [-0.2, -0.15) is 9.78 Å². The predicted octanol–water partition coefficient (Wildman–Crippen LogP) is 4.40. The number of hydrogen-bond acceptors (Lipinski definition) is 3. The van der Waals surface area contributed by atoms with Gasteiger partial charge in [-0.05, 0) is 43.2 Å². The van der Waals surface area contributed by atoms with Gasteiger partial charge in [-0.25, -0.2) is 4.98 Å². The standard InChI is InChI=1S/C19H16BrN3O/c1-13(10-15-6-4-3-5-7-15)12-21-23-14(2)22-18-9-8-16(20)11-17(18)19(23)24/h3-12H,1-2H3/b13-10+,21-12+. The Bertz CT molecular complexity index is 1000. The summed E-state index contributed by atoms with van der Waals surface area (Å²) in [5, 5.41) is 4.85. The molecule has 0 spiro atoms. The number of benzene rings is 2. The van der Waals surface area contributed by atoms with Gasteiger partial charge in [0.25, 0.3) is 5.56 Å². The fraction of sp³-hybridized carbons (Fsp3) is 0.105. The molecule has 0 amide bonds. The van der Waals surface area contributed by atoms with Crippen molar-refractivity contribution in [3.8, 4) is 0 Å². The zero-order valence-corrected chi connectivity index (χ0v) is 15.0. The van der Waals surface area contributed by atoms with Crippen molar-refractivity contribution in [1.82, 2.24) is 9.66 Å². The minimum absolute atomic E-state index is 0.178. The van der Waals surface area contributed by atoms with Crippen LogP contribution in [0.3, 0.4) is 0 Å². The summed E-state index contributed by atoms with van der Waals surface area (Å²) in [6.07, 6.45) is 3.68. The van der Waals surface area contributed by atoms with Crippen molar-refractivity contribution in [1.29, 1.82) is 0 Å². The SMILES string of the molecule is CC(/C=N/n1c(C)nc2ccc(Br)cc2c1=O)=C\c1ccccc1. The Morgan fingerprint density at radius 3 is 2.71 bits per heavy atom. The van der Waals surface area contributed by atoms with Crippen LogP contribution in [0.1, 0.15) is 18.3 Å². The molecule has 0 unspecified atom stereocenters. The van der Waals surface area contributed by atoms with Gasteiger partial charge in [-0.15, -0.1) is 0 Å². The molecule has 0 radical (unpaired) electrons. The highest BCUT2D eigenvalue weighted by molar-refractivity contribution is 9.10. The van der Waals surface area contributed by atoms with Crippen LogP contribution in [0.15, 0.2) is 68.5 Å². The summed E-state index contributed by atoms with van der Waals surface area (Å²) < 4.78 is 2.17. The maximum Gasteiger partial charge on any atom is 0.282 e. The van der Waals surface area contributed by atoms with Crippen molar-refractivity contribution >= 4 is 39.1 Å². The Morgan fingerprint density at radius 2 is 1.96 bits per heavy atom. The Hall–Kier alpha value is -2.53. The lowest BCUT2D eigenvalue weighted by atomic mass is 10.1.